The van der Waals surface area contributed by atoms with E-state index in [1.807, 2.05) is 24.3 Å². The van der Waals surface area contributed by atoms with Crippen LogP contribution in [-0.2, 0) is 16.0 Å². The van der Waals surface area contributed by atoms with E-state index in [0.29, 0.717) is 19.4 Å². The second-order valence-electron chi connectivity index (χ2n) is 4.52. The lowest BCUT2D eigenvalue weighted by atomic mass is 10.0. The third-order valence-electron chi connectivity index (χ3n) is 3.21. The van der Waals surface area contributed by atoms with Gasteiger partial charge in [-0.1, -0.05) is 18.2 Å². The predicted octanol–water partition coefficient (Wildman–Crippen LogP) is 2.22. The molecule has 4 nitrogen and oxygen atoms in total. The molecule has 1 aliphatic rings. The number of anilines is 1. The summed E-state index contributed by atoms with van der Waals surface area (Å²) >= 11 is 0. The fourth-order valence-corrected chi connectivity index (χ4v) is 2.29. The van der Waals surface area contributed by atoms with Gasteiger partial charge in [0.1, 0.15) is 0 Å². The summed E-state index contributed by atoms with van der Waals surface area (Å²) in [6.45, 7) is 0.614. The second-order valence-corrected chi connectivity index (χ2v) is 4.52. The minimum Gasteiger partial charge on any atom is -0.481 e. The number of amides is 1. The largest absolute Gasteiger partial charge is 0.481 e. The smallest absolute Gasteiger partial charge is 0.303 e. The van der Waals surface area contributed by atoms with E-state index in [1.54, 1.807) is 4.90 Å². The average molecular weight is 247 g/mol. The summed E-state index contributed by atoms with van der Waals surface area (Å²) in [5.41, 5.74) is 2.19. The van der Waals surface area contributed by atoms with Gasteiger partial charge in [0.15, 0.2) is 0 Å². The van der Waals surface area contributed by atoms with E-state index in [1.165, 1.54) is 5.56 Å². The number of rotatable bonds is 5. The molecule has 1 aliphatic heterocycles. The van der Waals surface area contributed by atoms with Crippen LogP contribution in [-0.4, -0.2) is 23.5 Å². The van der Waals surface area contributed by atoms with Gasteiger partial charge in [-0.3, -0.25) is 9.59 Å². The number of fused-ring (bicyclic) bond motifs is 1. The van der Waals surface area contributed by atoms with Crippen LogP contribution in [0.1, 0.15) is 31.2 Å². The van der Waals surface area contributed by atoms with Crippen molar-refractivity contribution in [2.75, 3.05) is 11.4 Å². The Morgan fingerprint density at radius 2 is 2.00 bits per heavy atom. The van der Waals surface area contributed by atoms with Crippen LogP contribution < -0.4 is 4.90 Å². The van der Waals surface area contributed by atoms with E-state index in [0.717, 1.165) is 18.5 Å². The standard InChI is InChI=1S/C14H17NO3/c16-13-9-8-11-5-1-2-6-12(11)15(13)10-4-3-7-14(17)18/h1-2,5-6H,3-4,7-10H2,(H,17,18). The molecule has 18 heavy (non-hydrogen) atoms. The fraction of sp³-hybridized carbons (Fsp3) is 0.429. The lowest BCUT2D eigenvalue weighted by Gasteiger charge is -2.29. The van der Waals surface area contributed by atoms with Crippen LogP contribution in [0.25, 0.3) is 0 Å². The number of carboxylic acids is 1. The molecule has 1 amide bonds. The van der Waals surface area contributed by atoms with E-state index >= 15 is 0 Å². The van der Waals surface area contributed by atoms with Gasteiger partial charge in [-0.2, -0.15) is 0 Å². The molecule has 2 rings (SSSR count). The van der Waals surface area contributed by atoms with Crippen LogP contribution in [0.5, 0.6) is 0 Å². The quantitative estimate of drug-likeness (QED) is 0.812. The highest BCUT2D eigenvalue weighted by molar-refractivity contribution is 5.96. The van der Waals surface area contributed by atoms with Gasteiger partial charge in [0, 0.05) is 25.1 Å². The normalized spacial score (nSPS) is 14.4. The van der Waals surface area contributed by atoms with E-state index < -0.39 is 5.97 Å². The average Bonchev–Trinajstić information content (AvgIpc) is 2.36. The number of aryl methyl sites for hydroxylation is 1. The Balaban J connectivity index is 1.99. The van der Waals surface area contributed by atoms with Crippen molar-refractivity contribution < 1.29 is 14.7 Å². The fourth-order valence-electron chi connectivity index (χ4n) is 2.29. The Bertz CT molecular complexity index is 456. The number of carbonyl (C=O) groups is 2. The van der Waals surface area contributed by atoms with Gasteiger partial charge in [-0.05, 0) is 30.9 Å². The predicted molar refractivity (Wildman–Crippen MR) is 68.6 cm³/mol. The molecule has 96 valence electrons. The van der Waals surface area contributed by atoms with Crippen molar-refractivity contribution in [3.63, 3.8) is 0 Å². The van der Waals surface area contributed by atoms with Crippen LogP contribution in [0.2, 0.25) is 0 Å². The molecule has 0 saturated heterocycles. The molecular formula is C14H17NO3. The zero-order chi connectivity index (χ0) is 13.0. The minimum atomic E-state index is -0.777. The molecule has 0 saturated carbocycles. The number of unbranched alkanes of at least 4 members (excludes halogenated alkanes) is 1. The topological polar surface area (TPSA) is 57.6 Å². The molecule has 0 spiro atoms. The number of para-hydroxylation sites is 1. The number of hydrogen-bond donors (Lipinski definition) is 1. The summed E-state index contributed by atoms with van der Waals surface area (Å²) in [6, 6.07) is 7.93. The first-order chi connectivity index (χ1) is 8.68. The van der Waals surface area contributed by atoms with Gasteiger partial charge in [0.05, 0.1) is 0 Å². The first-order valence-electron chi connectivity index (χ1n) is 6.28. The molecule has 1 N–H and O–H groups in total. The minimum absolute atomic E-state index is 0.143. The van der Waals surface area contributed by atoms with Gasteiger partial charge in [-0.25, -0.2) is 0 Å². The first-order valence-corrected chi connectivity index (χ1v) is 6.28. The number of hydrogen-bond acceptors (Lipinski definition) is 2. The maximum atomic E-state index is 11.9. The number of aliphatic carboxylic acids is 1. The van der Waals surface area contributed by atoms with Crippen molar-refractivity contribution >= 4 is 17.6 Å². The third kappa shape index (κ3) is 2.88. The van der Waals surface area contributed by atoms with Crippen LogP contribution >= 0.6 is 0 Å². The Labute approximate surface area is 106 Å². The molecular weight excluding hydrogens is 230 g/mol. The summed E-state index contributed by atoms with van der Waals surface area (Å²) in [4.78, 5) is 24.1. The lowest BCUT2D eigenvalue weighted by molar-refractivity contribution is -0.137. The maximum absolute atomic E-state index is 11.9. The SMILES string of the molecule is O=C(O)CCCCN1C(=O)CCc2ccccc21. The van der Waals surface area contributed by atoms with Crippen molar-refractivity contribution in [3.8, 4) is 0 Å². The number of carboxylic acid groups (broad SMARTS) is 1. The molecule has 1 aromatic rings. The number of carbonyl (C=O) groups excluding carboxylic acids is 1. The first kappa shape index (κ1) is 12.6. The highest BCUT2D eigenvalue weighted by Crippen LogP contribution is 2.27. The lowest BCUT2D eigenvalue weighted by Crippen LogP contribution is -2.35. The van der Waals surface area contributed by atoms with Gasteiger partial charge in [-0.15, -0.1) is 0 Å². The zero-order valence-electron chi connectivity index (χ0n) is 10.3. The summed E-state index contributed by atoms with van der Waals surface area (Å²) in [7, 11) is 0. The molecule has 1 heterocycles. The summed E-state index contributed by atoms with van der Waals surface area (Å²) < 4.78 is 0. The molecule has 0 radical (unpaired) electrons. The van der Waals surface area contributed by atoms with Crippen LogP contribution in [0.15, 0.2) is 24.3 Å². The highest BCUT2D eigenvalue weighted by Gasteiger charge is 2.22. The Hall–Kier alpha value is -1.84. The summed E-state index contributed by atoms with van der Waals surface area (Å²) in [6.07, 6.45) is 2.87. The van der Waals surface area contributed by atoms with Crippen molar-refractivity contribution in [2.24, 2.45) is 0 Å². The molecule has 0 atom stereocenters. The van der Waals surface area contributed by atoms with Crippen molar-refractivity contribution in [1.29, 1.82) is 0 Å². The van der Waals surface area contributed by atoms with Crippen molar-refractivity contribution in [2.45, 2.75) is 32.1 Å². The number of nitrogens with zero attached hydrogens (tertiary/aromatic N) is 1. The Morgan fingerprint density at radius 1 is 1.22 bits per heavy atom. The molecule has 4 heteroatoms. The van der Waals surface area contributed by atoms with Gasteiger partial charge >= 0.3 is 5.97 Å². The number of benzene rings is 1. The van der Waals surface area contributed by atoms with Gasteiger partial charge < -0.3 is 10.0 Å². The van der Waals surface area contributed by atoms with Crippen LogP contribution in [0, 0.1) is 0 Å². The molecule has 0 unspecified atom stereocenters. The molecule has 0 aliphatic carbocycles. The summed E-state index contributed by atoms with van der Waals surface area (Å²) in [5.74, 6) is -0.635. The third-order valence-corrected chi connectivity index (χ3v) is 3.21. The Morgan fingerprint density at radius 3 is 2.78 bits per heavy atom. The van der Waals surface area contributed by atoms with E-state index in [4.69, 9.17) is 5.11 Å². The van der Waals surface area contributed by atoms with E-state index in [2.05, 4.69) is 0 Å². The molecule has 0 bridgehead atoms. The monoisotopic (exact) mass is 247 g/mol. The maximum Gasteiger partial charge on any atom is 0.303 e. The Kier molecular flexibility index (Phi) is 3.97. The van der Waals surface area contributed by atoms with Crippen molar-refractivity contribution in [1.82, 2.24) is 0 Å². The zero-order valence-corrected chi connectivity index (χ0v) is 10.3. The van der Waals surface area contributed by atoms with E-state index in [-0.39, 0.29) is 12.3 Å². The second kappa shape index (κ2) is 5.67. The van der Waals surface area contributed by atoms with Crippen LogP contribution in [0.3, 0.4) is 0 Å². The molecule has 1 aromatic carbocycles. The molecule has 0 aromatic heterocycles. The van der Waals surface area contributed by atoms with E-state index in [9.17, 15) is 9.59 Å². The van der Waals surface area contributed by atoms with Gasteiger partial charge in [0.25, 0.3) is 0 Å². The van der Waals surface area contributed by atoms with Crippen LogP contribution in [0.4, 0.5) is 5.69 Å². The van der Waals surface area contributed by atoms with Gasteiger partial charge in [0.2, 0.25) is 5.91 Å². The molecule has 0 fully saturated rings. The van der Waals surface area contributed by atoms with Crippen molar-refractivity contribution in [3.05, 3.63) is 29.8 Å². The highest BCUT2D eigenvalue weighted by atomic mass is 16.4. The summed E-state index contributed by atoms with van der Waals surface area (Å²) in [5, 5.41) is 8.58.